The molecule has 5 heteroatoms. The summed E-state index contributed by atoms with van der Waals surface area (Å²) >= 11 is 1.52. The number of aromatic nitrogens is 2. The first-order chi connectivity index (χ1) is 8.20. The standard InChI is InChI=1S/C12H14N2O2S/c1-3-16-10-4-9(5-13-6-10)12(15)11-7-17-8(2)14-11/h4-7,12,15H,3H2,1-2H3. The number of aliphatic hydroxyl groups is 1. The summed E-state index contributed by atoms with van der Waals surface area (Å²) in [5.41, 5.74) is 1.35. The highest BCUT2D eigenvalue weighted by Gasteiger charge is 2.14. The Hall–Kier alpha value is -1.46. The maximum absolute atomic E-state index is 10.1. The highest BCUT2D eigenvalue weighted by Crippen LogP contribution is 2.25. The Bertz CT molecular complexity index is 499. The van der Waals surface area contributed by atoms with E-state index in [1.807, 2.05) is 19.2 Å². The van der Waals surface area contributed by atoms with Gasteiger partial charge in [-0.25, -0.2) is 4.98 Å². The molecule has 0 aliphatic carbocycles. The van der Waals surface area contributed by atoms with Crippen molar-refractivity contribution in [3.05, 3.63) is 40.1 Å². The summed E-state index contributed by atoms with van der Waals surface area (Å²) in [6.45, 7) is 4.40. The zero-order valence-electron chi connectivity index (χ0n) is 9.75. The minimum Gasteiger partial charge on any atom is -0.492 e. The summed E-state index contributed by atoms with van der Waals surface area (Å²) in [5.74, 6) is 0.663. The summed E-state index contributed by atoms with van der Waals surface area (Å²) < 4.78 is 5.35. The molecule has 0 radical (unpaired) electrons. The van der Waals surface area contributed by atoms with Crippen LogP contribution in [-0.2, 0) is 0 Å². The molecule has 2 aromatic rings. The Balaban J connectivity index is 2.24. The summed E-state index contributed by atoms with van der Waals surface area (Å²) in [5, 5.41) is 12.9. The van der Waals surface area contributed by atoms with Crippen LogP contribution in [0, 0.1) is 6.92 Å². The number of thiazole rings is 1. The van der Waals surface area contributed by atoms with Crippen molar-refractivity contribution in [1.29, 1.82) is 0 Å². The van der Waals surface area contributed by atoms with Gasteiger partial charge in [0.2, 0.25) is 0 Å². The maximum atomic E-state index is 10.1. The molecule has 17 heavy (non-hydrogen) atoms. The van der Waals surface area contributed by atoms with Gasteiger partial charge in [0, 0.05) is 17.1 Å². The predicted molar refractivity (Wildman–Crippen MR) is 66.3 cm³/mol. The van der Waals surface area contributed by atoms with Crippen molar-refractivity contribution in [1.82, 2.24) is 9.97 Å². The van der Waals surface area contributed by atoms with Crippen LogP contribution in [0.2, 0.25) is 0 Å². The van der Waals surface area contributed by atoms with Gasteiger partial charge in [-0.3, -0.25) is 4.98 Å². The van der Waals surface area contributed by atoms with E-state index in [0.29, 0.717) is 23.6 Å². The topological polar surface area (TPSA) is 55.2 Å². The molecule has 4 nitrogen and oxygen atoms in total. The third-order valence-electron chi connectivity index (χ3n) is 2.28. The number of hydrogen-bond donors (Lipinski definition) is 1. The van der Waals surface area contributed by atoms with E-state index in [9.17, 15) is 5.11 Å². The van der Waals surface area contributed by atoms with E-state index in [2.05, 4.69) is 9.97 Å². The molecule has 90 valence electrons. The van der Waals surface area contributed by atoms with Crippen molar-refractivity contribution in [2.75, 3.05) is 6.61 Å². The second-order valence-corrected chi connectivity index (χ2v) is 4.64. The maximum Gasteiger partial charge on any atom is 0.137 e. The fourth-order valence-electron chi connectivity index (χ4n) is 1.51. The summed E-state index contributed by atoms with van der Waals surface area (Å²) in [6.07, 6.45) is 2.52. The third-order valence-corrected chi connectivity index (χ3v) is 3.07. The molecular weight excluding hydrogens is 236 g/mol. The van der Waals surface area contributed by atoms with Gasteiger partial charge in [0.1, 0.15) is 11.9 Å². The van der Waals surface area contributed by atoms with Crippen molar-refractivity contribution in [2.45, 2.75) is 20.0 Å². The number of nitrogens with zero attached hydrogens (tertiary/aromatic N) is 2. The first-order valence-electron chi connectivity index (χ1n) is 5.38. The largest absolute Gasteiger partial charge is 0.492 e. The van der Waals surface area contributed by atoms with E-state index in [0.717, 1.165) is 5.01 Å². The van der Waals surface area contributed by atoms with Crippen LogP contribution in [0.15, 0.2) is 23.8 Å². The lowest BCUT2D eigenvalue weighted by Gasteiger charge is -2.09. The molecule has 2 heterocycles. The minimum atomic E-state index is -0.743. The molecule has 0 spiro atoms. The molecular formula is C12H14N2O2S. The Morgan fingerprint density at radius 3 is 2.94 bits per heavy atom. The fraction of sp³-hybridized carbons (Fsp3) is 0.333. The summed E-state index contributed by atoms with van der Waals surface area (Å²) in [6, 6.07) is 1.79. The molecule has 0 saturated carbocycles. The number of hydrogen-bond acceptors (Lipinski definition) is 5. The normalized spacial score (nSPS) is 12.4. The van der Waals surface area contributed by atoms with Gasteiger partial charge in [0.25, 0.3) is 0 Å². The molecule has 0 amide bonds. The average molecular weight is 250 g/mol. The molecule has 0 bridgehead atoms. The predicted octanol–water partition coefficient (Wildman–Crippen LogP) is 2.33. The smallest absolute Gasteiger partial charge is 0.137 e. The SMILES string of the molecule is CCOc1cncc(C(O)c2csc(C)n2)c1. The molecule has 1 unspecified atom stereocenters. The fourth-order valence-corrected chi connectivity index (χ4v) is 2.14. The summed E-state index contributed by atoms with van der Waals surface area (Å²) in [4.78, 5) is 8.31. The Labute approximate surface area is 104 Å². The van der Waals surface area contributed by atoms with Crippen LogP contribution in [0.3, 0.4) is 0 Å². The Kier molecular flexibility index (Phi) is 3.71. The van der Waals surface area contributed by atoms with Crippen molar-refractivity contribution in [2.24, 2.45) is 0 Å². The van der Waals surface area contributed by atoms with Crippen molar-refractivity contribution >= 4 is 11.3 Å². The van der Waals surface area contributed by atoms with Gasteiger partial charge in [0.15, 0.2) is 0 Å². The molecule has 1 atom stereocenters. The lowest BCUT2D eigenvalue weighted by atomic mass is 10.1. The summed E-state index contributed by atoms with van der Waals surface area (Å²) in [7, 11) is 0. The van der Waals surface area contributed by atoms with Gasteiger partial charge in [0.05, 0.1) is 23.5 Å². The molecule has 0 aliphatic rings. The van der Waals surface area contributed by atoms with E-state index in [-0.39, 0.29) is 0 Å². The first kappa shape index (κ1) is 12.0. The van der Waals surface area contributed by atoms with Crippen LogP contribution in [0.1, 0.15) is 29.3 Å². The van der Waals surface area contributed by atoms with Gasteiger partial charge < -0.3 is 9.84 Å². The number of aryl methyl sites for hydroxylation is 1. The van der Waals surface area contributed by atoms with E-state index in [1.54, 1.807) is 18.5 Å². The molecule has 0 aromatic carbocycles. The number of ether oxygens (including phenoxy) is 1. The first-order valence-corrected chi connectivity index (χ1v) is 6.26. The highest BCUT2D eigenvalue weighted by molar-refractivity contribution is 7.09. The zero-order valence-corrected chi connectivity index (χ0v) is 10.6. The minimum absolute atomic E-state index is 0.580. The second kappa shape index (κ2) is 5.25. The van der Waals surface area contributed by atoms with Crippen LogP contribution in [-0.4, -0.2) is 21.7 Å². The molecule has 0 fully saturated rings. The van der Waals surface area contributed by atoms with E-state index in [4.69, 9.17) is 4.74 Å². The van der Waals surface area contributed by atoms with Gasteiger partial charge >= 0.3 is 0 Å². The van der Waals surface area contributed by atoms with E-state index >= 15 is 0 Å². The van der Waals surface area contributed by atoms with Crippen LogP contribution in [0.5, 0.6) is 5.75 Å². The third kappa shape index (κ3) is 2.81. The van der Waals surface area contributed by atoms with Crippen LogP contribution >= 0.6 is 11.3 Å². The second-order valence-electron chi connectivity index (χ2n) is 3.58. The van der Waals surface area contributed by atoms with Crippen molar-refractivity contribution in [3.8, 4) is 5.75 Å². The highest BCUT2D eigenvalue weighted by atomic mass is 32.1. The van der Waals surface area contributed by atoms with Gasteiger partial charge in [-0.05, 0) is 19.9 Å². The zero-order chi connectivity index (χ0) is 12.3. The molecule has 0 saturated heterocycles. The monoisotopic (exact) mass is 250 g/mol. The van der Waals surface area contributed by atoms with Crippen LogP contribution < -0.4 is 4.74 Å². The Morgan fingerprint density at radius 2 is 2.29 bits per heavy atom. The lowest BCUT2D eigenvalue weighted by molar-refractivity contribution is 0.214. The quantitative estimate of drug-likeness (QED) is 0.904. The number of pyridine rings is 1. The molecule has 0 aliphatic heterocycles. The lowest BCUT2D eigenvalue weighted by Crippen LogP contribution is -2.02. The van der Waals surface area contributed by atoms with Gasteiger partial charge in [-0.2, -0.15) is 0 Å². The van der Waals surface area contributed by atoms with Crippen molar-refractivity contribution in [3.63, 3.8) is 0 Å². The Morgan fingerprint density at radius 1 is 1.47 bits per heavy atom. The average Bonchev–Trinajstić information content (AvgIpc) is 2.76. The molecule has 1 N–H and O–H groups in total. The van der Waals surface area contributed by atoms with E-state index in [1.165, 1.54) is 11.3 Å². The molecule has 2 rings (SSSR count). The molecule has 2 aromatic heterocycles. The van der Waals surface area contributed by atoms with Gasteiger partial charge in [-0.1, -0.05) is 0 Å². The van der Waals surface area contributed by atoms with Crippen molar-refractivity contribution < 1.29 is 9.84 Å². The number of rotatable bonds is 4. The van der Waals surface area contributed by atoms with Crippen LogP contribution in [0.4, 0.5) is 0 Å². The van der Waals surface area contributed by atoms with Gasteiger partial charge in [-0.15, -0.1) is 11.3 Å². The van der Waals surface area contributed by atoms with E-state index < -0.39 is 6.10 Å². The van der Waals surface area contributed by atoms with Crippen LogP contribution in [0.25, 0.3) is 0 Å². The number of aliphatic hydroxyl groups excluding tert-OH is 1.